The molecular formula is C23H24ClFN2O2. The quantitative estimate of drug-likeness (QED) is 0.637. The fourth-order valence-electron chi connectivity index (χ4n) is 4.21. The molecule has 2 N–H and O–H groups in total. The summed E-state index contributed by atoms with van der Waals surface area (Å²) in [5.41, 5.74) is 3.56. The van der Waals surface area contributed by atoms with E-state index in [4.69, 9.17) is 16.3 Å². The Morgan fingerprint density at radius 2 is 1.93 bits per heavy atom. The average molecular weight is 415 g/mol. The summed E-state index contributed by atoms with van der Waals surface area (Å²) in [4.78, 5) is 16.0. The molecule has 2 aromatic carbocycles. The van der Waals surface area contributed by atoms with E-state index in [1.165, 1.54) is 12.1 Å². The number of amides is 1. The minimum atomic E-state index is -0.304. The van der Waals surface area contributed by atoms with Crippen molar-refractivity contribution in [1.82, 2.24) is 10.3 Å². The van der Waals surface area contributed by atoms with Crippen LogP contribution in [0.2, 0.25) is 5.02 Å². The maximum atomic E-state index is 13.7. The molecule has 0 atom stereocenters. The van der Waals surface area contributed by atoms with E-state index >= 15 is 0 Å². The number of aromatic amines is 1. The molecule has 0 aliphatic carbocycles. The van der Waals surface area contributed by atoms with E-state index in [1.807, 2.05) is 31.2 Å². The number of benzene rings is 2. The summed E-state index contributed by atoms with van der Waals surface area (Å²) >= 11 is 6.05. The zero-order valence-electron chi connectivity index (χ0n) is 16.4. The maximum absolute atomic E-state index is 13.7. The van der Waals surface area contributed by atoms with Crippen LogP contribution < -0.4 is 5.32 Å². The molecule has 2 heterocycles. The highest BCUT2D eigenvalue weighted by atomic mass is 35.5. The first-order valence-corrected chi connectivity index (χ1v) is 10.2. The number of fused-ring (bicyclic) bond motifs is 1. The van der Waals surface area contributed by atoms with Crippen LogP contribution in [0.4, 0.5) is 4.39 Å². The third kappa shape index (κ3) is 4.16. The van der Waals surface area contributed by atoms with Gasteiger partial charge in [-0.1, -0.05) is 23.7 Å². The Morgan fingerprint density at radius 3 is 2.66 bits per heavy atom. The summed E-state index contributed by atoms with van der Waals surface area (Å²) < 4.78 is 19.2. The third-order valence-corrected chi connectivity index (χ3v) is 6.20. The molecule has 0 saturated carbocycles. The van der Waals surface area contributed by atoms with Gasteiger partial charge in [0.25, 0.3) is 0 Å². The van der Waals surface area contributed by atoms with Gasteiger partial charge in [0, 0.05) is 46.8 Å². The number of nitrogens with one attached hydrogen (secondary N) is 2. The molecule has 1 amide bonds. The van der Waals surface area contributed by atoms with Crippen LogP contribution in [0.15, 0.2) is 42.5 Å². The van der Waals surface area contributed by atoms with Crippen LogP contribution in [-0.4, -0.2) is 30.6 Å². The van der Waals surface area contributed by atoms with Gasteiger partial charge in [-0.3, -0.25) is 4.79 Å². The van der Waals surface area contributed by atoms with E-state index in [-0.39, 0.29) is 23.6 Å². The molecule has 0 unspecified atom stereocenters. The predicted molar refractivity (Wildman–Crippen MR) is 113 cm³/mol. The van der Waals surface area contributed by atoms with Crippen LogP contribution in [0, 0.1) is 12.7 Å². The van der Waals surface area contributed by atoms with Crippen molar-refractivity contribution in [1.29, 1.82) is 0 Å². The van der Waals surface area contributed by atoms with Crippen molar-refractivity contribution < 1.29 is 13.9 Å². The van der Waals surface area contributed by atoms with Crippen molar-refractivity contribution in [3.8, 4) is 0 Å². The molecule has 4 rings (SSSR count). The lowest BCUT2D eigenvalue weighted by Gasteiger charge is -2.38. The van der Waals surface area contributed by atoms with E-state index in [9.17, 15) is 9.18 Å². The SMILES string of the molecule is Cc1[nH]c2ccc(F)cc2c1CC(=O)NCC1(c2ccc(Cl)cc2)CCOCC1. The molecule has 1 fully saturated rings. The number of aryl methyl sites for hydroxylation is 1. The highest BCUT2D eigenvalue weighted by Gasteiger charge is 2.34. The monoisotopic (exact) mass is 414 g/mol. The summed E-state index contributed by atoms with van der Waals surface area (Å²) in [7, 11) is 0. The molecule has 29 heavy (non-hydrogen) atoms. The smallest absolute Gasteiger partial charge is 0.224 e. The van der Waals surface area contributed by atoms with Gasteiger partial charge >= 0.3 is 0 Å². The largest absolute Gasteiger partial charge is 0.381 e. The highest BCUT2D eigenvalue weighted by molar-refractivity contribution is 6.30. The van der Waals surface area contributed by atoms with E-state index < -0.39 is 0 Å². The molecular weight excluding hydrogens is 391 g/mol. The van der Waals surface area contributed by atoms with Crippen LogP contribution >= 0.6 is 11.6 Å². The molecule has 1 aliphatic rings. The molecule has 1 aliphatic heterocycles. The lowest BCUT2D eigenvalue weighted by atomic mass is 9.74. The second kappa shape index (κ2) is 8.17. The topological polar surface area (TPSA) is 54.1 Å². The normalized spacial score (nSPS) is 16.1. The fourth-order valence-corrected chi connectivity index (χ4v) is 4.33. The van der Waals surface area contributed by atoms with Gasteiger partial charge in [-0.25, -0.2) is 4.39 Å². The second-order valence-electron chi connectivity index (χ2n) is 7.77. The molecule has 0 spiro atoms. The first kappa shape index (κ1) is 19.9. The Bertz CT molecular complexity index is 1020. The van der Waals surface area contributed by atoms with Crippen molar-refractivity contribution in [2.75, 3.05) is 19.8 Å². The van der Waals surface area contributed by atoms with E-state index in [0.717, 1.165) is 40.6 Å². The Balaban J connectivity index is 1.51. The van der Waals surface area contributed by atoms with E-state index in [1.54, 1.807) is 6.07 Å². The summed E-state index contributed by atoms with van der Waals surface area (Å²) in [6, 6.07) is 12.5. The second-order valence-corrected chi connectivity index (χ2v) is 8.21. The first-order chi connectivity index (χ1) is 14.0. The summed E-state index contributed by atoms with van der Waals surface area (Å²) in [5.74, 6) is -0.375. The summed E-state index contributed by atoms with van der Waals surface area (Å²) in [5, 5.41) is 4.57. The number of hydrogen-bond donors (Lipinski definition) is 2. The third-order valence-electron chi connectivity index (χ3n) is 5.95. The fraction of sp³-hybridized carbons (Fsp3) is 0.348. The molecule has 6 heteroatoms. The van der Waals surface area contributed by atoms with Gasteiger partial charge in [0.1, 0.15) is 5.82 Å². The van der Waals surface area contributed by atoms with Crippen molar-refractivity contribution in [3.63, 3.8) is 0 Å². The number of hydrogen-bond acceptors (Lipinski definition) is 2. The maximum Gasteiger partial charge on any atom is 0.224 e. The van der Waals surface area contributed by atoms with Gasteiger partial charge < -0.3 is 15.0 Å². The number of carbonyl (C=O) groups excluding carboxylic acids is 1. The van der Waals surface area contributed by atoms with E-state index in [2.05, 4.69) is 10.3 Å². The Labute approximate surface area is 174 Å². The molecule has 152 valence electrons. The zero-order valence-corrected chi connectivity index (χ0v) is 17.1. The Hall–Kier alpha value is -2.37. The highest BCUT2D eigenvalue weighted by Crippen LogP contribution is 2.35. The van der Waals surface area contributed by atoms with E-state index in [0.29, 0.717) is 24.8 Å². The molecule has 0 bridgehead atoms. The minimum Gasteiger partial charge on any atom is -0.381 e. The predicted octanol–water partition coefficient (Wildman–Crippen LogP) is 4.68. The van der Waals surface area contributed by atoms with Crippen molar-refractivity contribution >= 4 is 28.4 Å². The minimum absolute atomic E-state index is 0.0712. The van der Waals surface area contributed by atoms with Crippen LogP contribution in [0.3, 0.4) is 0 Å². The van der Waals surface area contributed by atoms with Gasteiger partial charge in [0.2, 0.25) is 5.91 Å². The number of H-pyrrole nitrogens is 1. The molecule has 1 aromatic heterocycles. The average Bonchev–Trinajstić information content (AvgIpc) is 3.02. The molecule has 0 radical (unpaired) electrons. The first-order valence-electron chi connectivity index (χ1n) is 9.84. The lowest BCUT2D eigenvalue weighted by molar-refractivity contribution is -0.120. The Morgan fingerprint density at radius 1 is 1.21 bits per heavy atom. The standard InChI is InChI=1S/C23H24ClFN2O2/c1-15-19(20-12-18(25)6-7-21(20)27-15)13-22(28)26-14-23(8-10-29-11-9-23)16-2-4-17(24)5-3-16/h2-7,12,27H,8-11,13-14H2,1H3,(H,26,28). The van der Waals surface area contributed by atoms with Crippen molar-refractivity contribution in [2.45, 2.75) is 31.6 Å². The lowest BCUT2D eigenvalue weighted by Crippen LogP contribution is -2.45. The molecule has 4 nitrogen and oxygen atoms in total. The number of halogens is 2. The van der Waals surface area contributed by atoms with Crippen LogP contribution in [0.25, 0.3) is 10.9 Å². The van der Waals surface area contributed by atoms with Crippen LogP contribution in [0.5, 0.6) is 0 Å². The number of aromatic nitrogens is 1. The molecule has 3 aromatic rings. The van der Waals surface area contributed by atoms with Gasteiger partial charge in [0.15, 0.2) is 0 Å². The number of carbonyl (C=O) groups is 1. The summed E-state index contributed by atoms with van der Waals surface area (Å²) in [6.45, 7) is 3.78. The van der Waals surface area contributed by atoms with Gasteiger partial charge in [-0.15, -0.1) is 0 Å². The Kier molecular flexibility index (Phi) is 5.61. The van der Waals surface area contributed by atoms with Crippen molar-refractivity contribution in [2.24, 2.45) is 0 Å². The number of ether oxygens (including phenoxy) is 1. The number of rotatable bonds is 5. The van der Waals surface area contributed by atoms with Crippen LogP contribution in [0.1, 0.15) is 29.7 Å². The van der Waals surface area contributed by atoms with Gasteiger partial charge in [0.05, 0.1) is 6.42 Å². The zero-order chi connectivity index (χ0) is 20.4. The van der Waals surface area contributed by atoms with Gasteiger partial charge in [-0.05, 0) is 61.2 Å². The van der Waals surface area contributed by atoms with Gasteiger partial charge in [-0.2, -0.15) is 0 Å². The van der Waals surface area contributed by atoms with Crippen LogP contribution in [-0.2, 0) is 21.4 Å². The molecule has 1 saturated heterocycles. The van der Waals surface area contributed by atoms with Crippen molar-refractivity contribution in [3.05, 3.63) is 70.1 Å². The summed E-state index contributed by atoms with van der Waals surface area (Å²) in [6.07, 6.45) is 1.89.